The molecule has 0 unspecified atom stereocenters. The third-order valence-electron chi connectivity index (χ3n) is 5.72. The monoisotopic (exact) mass is 433 g/mol. The highest BCUT2D eigenvalue weighted by Crippen LogP contribution is 2.32. The Morgan fingerprint density at radius 1 is 0.788 bits per heavy atom. The van der Waals surface area contributed by atoms with Crippen LogP contribution < -0.4 is 9.64 Å². The van der Waals surface area contributed by atoms with E-state index in [2.05, 4.69) is 0 Å². The molecular weight excluding hydrogens is 414 g/mol. The lowest BCUT2D eigenvalue weighted by Crippen LogP contribution is -2.40. The summed E-state index contributed by atoms with van der Waals surface area (Å²) in [5.41, 5.74) is 2.74. The van der Waals surface area contributed by atoms with Gasteiger partial charge in [-0.3, -0.25) is 14.4 Å². The molecular formula is C28H19NO4. The Bertz CT molecular complexity index is 1380. The fraction of sp³-hybridized carbons (Fsp3) is 0.0357. The predicted octanol–water partition coefficient (Wildman–Crippen LogP) is 5.55. The number of nitrogens with zero attached hydrogens (tertiary/aromatic N) is 1. The summed E-state index contributed by atoms with van der Waals surface area (Å²) in [6.07, 6.45) is 3.22. The van der Waals surface area contributed by atoms with Crippen molar-refractivity contribution in [2.75, 3.05) is 12.0 Å². The van der Waals surface area contributed by atoms with E-state index in [1.165, 1.54) is 11.0 Å². The molecule has 0 N–H and O–H groups in total. The first-order chi connectivity index (χ1) is 16.1. The van der Waals surface area contributed by atoms with Crippen LogP contribution in [0.25, 0.3) is 16.8 Å². The number of hydrogen-bond acceptors (Lipinski definition) is 4. The maximum Gasteiger partial charge on any atom is 0.265 e. The molecule has 4 aromatic rings. The summed E-state index contributed by atoms with van der Waals surface area (Å²) in [5, 5.41) is 1.54. The van der Waals surface area contributed by atoms with Crippen LogP contribution in [0.5, 0.6) is 5.75 Å². The summed E-state index contributed by atoms with van der Waals surface area (Å²) in [7, 11) is 1.60. The van der Waals surface area contributed by atoms with Gasteiger partial charge in [0.05, 0.1) is 12.8 Å². The summed E-state index contributed by atoms with van der Waals surface area (Å²) in [4.78, 5) is 40.1. The number of carbonyl (C=O) groups is 3. The lowest BCUT2D eigenvalue weighted by Gasteiger charge is -2.27. The zero-order valence-electron chi connectivity index (χ0n) is 17.8. The van der Waals surface area contributed by atoms with Gasteiger partial charge >= 0.3 is 0 Å². The van der Waals surface area contributed by atoms with E-state index in [4.69, 9.17) is 4.74 Å². The second kappa shape index (κ2) is 8.20. The minimum Gasteiger partial charge on any atom is -0.497 e. The molecule has 4 aromatic carbocycles. The van der Waals surface area contributed by atoms with Gasteiger partial charge in [-0.2, -0.15) is 0 Å². The van der Waals surface area contributed by atoms with Crippen LogP contribution >= 0.6 is 0 Å². The number of imide groups is 1. The van der Waals surface area contributed by atoms with E-state index in [-0.39, 0.29) is 17.6 Å². The maximum absolute atomic E-state index is 13.2. The van der Waals surface area contributed by atoms with Crippen LogP contribution in [-0.2, 0) is 0 Å². The second-order valence-electron chi connectivity index (χ2n) is 7.67. The SMILES string of the molecule is COc1ccc(/C=C/C(=O)c2ccc(N3C(=O)c4cccc5cccc(c45)C3=O)cc2)cc1. The Kier molecular flexibility index (Phi) is 5.07. The van der Waals surface area contributed by atoms with E-state index in [0.717, 1.165) is 16.7 Å². The molecule has 0 aromatic heterocycles. The standard InChI is InChI=1S/C28H19NO4/c1-33-22-15-8-18(9-16-22)10-17-25(30)19-11-13-21(14-12-19)29-27(31)23-6-2-4-20-5-3-7-24(26(20)23)28(29)32/h2-17H,1H3/b17-10+. The normalized spacial score (nSPS) is 13.1. The van der Waals surface area contributed by atoms with Crippen molar-refractivity contribution in [3.8, 4) is 5.75 Å². The molecule has 1 aliphatic heterocycles. The summed E-state index contributed by atoms with van der Waals surface area (Å²) >= 11 is 0. The van der Waals surface area contributed by atoms with Crippen LogP contribution in [0.2, 0.25) is 0 Å². The molecule has 0 saturated heterocycles. The van der Waals surface area contributed by atoms with Crippen molar-refractivity contribution < 1.29 is 19.1 Å². The summed E-state index contributed by atoms with van der Waals surface area (Å²) in [6.45, 7) is 0. The lowest BCUT2D eigenvalue weighted by molar-refractivity contribution is 0.0893. The molecule has 160 valence electrons. The summed E-state index contributed by atoms with van der Waals surface area (Å²) in [5.74, 6) is -0.177. The summed E-state index contributed by atoms with van der Waals surface area (Å²) in [6, 6.07) is 24.7. The largest absolute Gasteiger partial charge is 0.497 e. The molecule has 2 amide bonds. The molecule has 5 nitrogen and oxygen atoms in total. The minimum absolute atomic E-state index is 0.177. The molecule has 33 heavy (non-hydrogen) atoms. The van der Waals surface area contributed by atoms with Gasteiger partial charge in [-0.1, -0.05) is 42.5 Å². The van der Waals surface area contributed by atoms with E-state index in [1.54, 1.807) is 49.6 Å². The molecule has 1 aliphatic rings. The van der Waals surface area contributed by atoms with E-state index in [0.29, 0.717) is 27.8 Å². The number of methoxy groups -OCH3 is 1. The Hall–Kier alpha value is -4.51. The minimum atomic E-state index is -0.372. The molecule has 0 aliphatic carbocycles. The van der Waals surface area contributed by atoms with Gasteiger partial charge < -0.3 is 4.74 Å². The fourth-order valence-corrected chi connectivity index (χ4v) is 4.02. The average Bonchev–Trinajstić information content (AvgIpc) is 2.86. The zero-order valence-corrected chi connectivity index (χ0v) is 17.8. The van der Waals surface area contributed by atoms with Gasteiger partial charge in [-0.05, 0) is 65.6 Å². The second-order valence-corrected chi connectivity index (χ2v) is 7.67. The van der Waals surface area contributed by atoms with E-state index in [9.17, 15) is 14.4 Å². The Balaban J connectivity index is 1.40. The fourth-order valence-electron chi connectivity index (χ4n) is 4.02. The number of hydrogen-bond donors (Lipinski definition) is 0. The third kappa shape index (κ3) is 3.59. The molecule has 1 heterocycles. The van der Waals surface area contributed by atoms with Gasteiger partial charge in [-0.15, -0.1) is 0 Å². The first-order valence-electron chi connectivity index (χ1n) is 10.4. The van der Waals surface area contributed by atoms with Crippen LogP contribution in [0.15, 0.2) is 91.0 Å². The Labute approximate surface area is 190 Å². The predicted molar refractivity (Wildman–Crippen MR) is 128 cm³/mol. The van der Waals surface area contributed by atoms with Crippen LogP contribution in [-0.4, -0.2) is 24.7 Å². The van der Waals surface area contributed by atoms with Crippen molar-refractivity contribution in [3.05, 3.63) is 113 Å². The van der Waals surface area contributed by atoms with Crippen molar-refractivity contribution in [2.24, 2.45) is 0 Å². The number of ketones is 1. The first kappa shape index (κ1) is 20.4. The summed E-state index contributed by atoms with van der Waals surface area (Å²) < 4.78 is 5.13. The zero-order chi connectivity index (χ0) is 22.9. The quantitative estimate of drug-likeness (QED) is 0.235. The molecule has 0 spiro atoms. The topological polar surface area (TPSA) is 63.7 Å². The molecule has 0 bridgehead atoms. The van der Waals surface area contributed by atoms with E-state index in [1.807, 2.05) is 48.5 Å². The smallest absolute Gasteiger partial charge is 0.265 e. The highest BCUT2D eigenvalue weighted by molar-refractivity contribution is 6.35. The van der Waals surface area contributed by atoms with Crippen molar-refractivity contribution in [2.45, 2.75) is 0 Å². The molecule has 5 heteroatoms. The Morgan fingerprint density at radius 2 is 1.39 bits per heavy atom. The van der Waals surface area contributed by atoms with Gasteiger partial charge in [0.15, 0.2) is 5.78 Å². The van der Waals surface area contributed by atoms with Crippen LogP contribution in [0.1, 0.15) is 36.6 Å². The highest BCUT2D eigenvalue weighted by Gasteiger charge is 2.33. The average molecular weight is 433 g/mol. The van der Waals surface area contributed by atoms with Gasteiger partial charge in [0.1, 0.15) is 5.75 Å². The van der Waals surface area contributed by atoms with Gasteiger partial charge in [0.25, 0.3) is 11.8 Å². The third-order valence-corrected chi connectivity index (χ3v) is 5.72. The number of carbonyl (C=O) groups excluding carboxylic acids is 3. The van der Waals surface area contributed by atoms with Crippen molar-refractivity contribution in [3.63, 3.8) is 0 Å². The molecule has 0 fully saturated rings. The van der Waals surface area contributed by atoms with E-state index < -0.39 is 0 Å². The number of rotatable bonds is 5. The van der Waals surface area contributed by atoms with E-state index >= 15 is 0 Å². The van der Waals surface area contributed by atoms with Crippen LogP contribution in [0.4, 0.5) is 5.69 Å². The molecule has 0 atom stereocenters. The Morgan fingerprint density at radius 3 is 1.97 bits per heavy atom. The lowest BCUT2D eigenvalue weighted by atomic mass is 9.93. The maximum atomic E-state index is 13.2. The van der Waals surface area contributed by atoms with Crippen molar-refractivity contribution >= 4 is 40.1 Å². The molecule has 0 radical (unpaired) electrons. The number of benzene rings is 4. The number of ether oxygens (including phenoxy) is 1. The highest BCUT2D eigenvalue weighted by atomic mass is 16.5. The molecule has 5 rings (SSSR count). The number of anilines is 1. The van der Waals surface area contributed by atoms with Crippen molar-refractivity contribution in [1.82, 2.24) is 0 Å². The van der Waals surface area contributed by atoms with Crippen LogP contribution in [0, 0.1) is 0 Å². The van der Waals surface area contributed by atoms with Crippen molar-refractivity contribution in [1.29, 1.82) is 0 Å². The first-order valence-corrected chi connectivity index (χ1v) is 10.4. The number of allylic oxidation sites excluding steroid dienone is 1. The van der Waals surface area contributed by atoms with Gasteiger partial charge in [-0.25, -0.2) is 4.90 Å². The van der Waals surface area contributed by atoms with Gasteiger partial charge in [0.2, 0.25) is 0 Å². The number of amides is 2. The van der Waals surface area contributed by atoms with Gasteiger partial charge in [0, 0.05) is 22.1 Å². The van der Waals surface area contributed by atoms with Crippen LogP contribution in [0.3, 0.4) is 0 Å². The molecule has 0 saturated carbocycles.